The summed E-state index contributed by atoms with van der Waals surface area (Å²) in [5.74, 6) is -1.02. The van der Waals surface area contributed by atoms with Gasteiger partial charge in [0, 0.05) is 6.04 Å². The largest absolute Gasteiger partial charge is 0.352 e. The molecule has 2 amide bonds. The van der Waals surface area contributed by atoms with E-state index in [2.05, 4.69) is 20.6 Å². The minimum absolute atomic E-state index is 0.00648. The third-order valence-corrected chi connectivity index (χ3v) is 2.69. The fraction of sp³-hybridized carbons (Fsp3) is 0.286. The van der Waals surface area contributed by atoms with Gasteiger partial charge in [-0.2, -0.15) is 0 Å². The first-order valence-electron chi connectivity index (χ1n) is 6.54. The quantitative estimate of drug-likeness (QED) is 0.746. The average Bonchev–Trinajstić information content (AvgIpc) is 2.44. The molecule has 0 aliphatic rings. The van der Waals surface area contributed by atoms with Crippen molar-refractivity contribution >= 4 is 22.7 Å². The van der Waals surface area contributed by atoms with Crippen LogP contribution in [0.2, 0.25) is 0 Å². The van der Waals surface area contributed by atoms with Gasteiger partial charge in [-0.15, -0.1) is 0 Å². The Bertz CT molecular complexity index is 736. The molecule has 0 atom stereocenters. The molecule has 0 radical (unpaired) electrons. The van der Waals surface area contributed by atoms with Crippen molar-refractivity contribution in [1.29, 1.82) is 0 Å². The molecular weight excluding hydrogens is 272 g/mol. The zero-order valence-electron chi connectivity index (χ0n) is 11.8. The number of H-pyrrole nitrogens is 1. The second-order valence-corrected chi connectivity index (χ2v) is 4.84. The number of fused-ring (bicyclic) bond motifs is 1. The van der Waals surface area contributed by atoms with Crippen molar-refractivity contribution in [3.8, 4) is 0 Å². The first-order chi connectivity index (χ1) is 9.97. The lowest BCUT2D eigenvalue weighted by atomic mass is 10.2. The van der Waals surface area contributed by atoms with E-state index in [1.807, 2.05) is 13.8 Å². The van der Waals surface area contributed by atoms with E-state index in [1.165, 1.54) is 0 Å². The van der Waals surface area contributed by atoms with Crippen molar-refractivity contribution in [3.63, 3.8) is 0 Å². The van der Waals surface area contributed by atoms with Crippen LogP contribution < -0.4 is 16.2 Å². The van der Waals surface area contributed by atoms with Crippen LogP contribution in [0.4, 0.5) is 0 Å². The normalized spacial score (nSPS) is 10.6. The van der Waals surface area contributed by atoms with Crippen molar-refractivity contribution in [2.24, 2.45) is 0 Å². The molecule has 0 bridgehead atoms. The zero-order valence-corrected chi connectivity index (χ0v) is 11.8. The Labute approximate surface area is 120 Å². The Morgan fingerprint density at radius 1 is 1.29 bits per heavy atom. The van der Waals surface area contributed by atoms with E-state index in [0.29, 0.717) is 10.9 Å². The van der Waals surface area contributed by atoms with Gasteiger partial charge in [0.05, 0.1) is 17.4 Å². The van der Waals surface area contributed by atoms with Gasteiger partial charge in [0.2, 0.25) is 5.91 Å². The molecule has 0 aliphatic heterocycles. The fourth-order valence-corrected chi connectivity index (χ4v) is 1.81. The molecule has 0 saturated heterocycles. The molecular formula is C14H16N4O3. The molecule has 0 fully saturated rings. The van der Waals surface area contributed by atoms with Crippen LogP contribution in [0.25, 0.3) is 10.9 Å². The summed E-state index contributed by atoms with van der Waals surface area (Å²) in [5, 5.41) is 5.47. The summed E-state index contributed by atoms with van der Waals surface area (Å²) in [4.78, 5) is 41.7. The molecule has 0 unspecified atom stereocenters. The molecule has 0 spiro atoms. The van der Waals surface area contributed by atoms with Crippen molar-refractivity contribution in [3.05, 3.63) is 40.4 Å². The van der Waals surface area contributed by atoms with Crippen LogP contribution in [0.15, 0.2) is 29.1 Å². The fourth-order valence-electron chi connectivity index (χ4n) is 1.81. The molecule has 2 rings (SSSR count). The van der Waals surface area contributed by atoms with E-state index >= 15 is 0 Å². The Balaban J connectivity index is 2.13. The minimum atomic E-state index is -0.600. The predicted molar refractivity (Wildman–Crippen MR) is 78.0 cm³/mol. The van der Waals surface area contributed by atoms with Crippen molar-refractivity contribution in [2.75, 3.05) is 6.54 Å². The monoisotopic (exact) mass is 288 g/mol. The second-order valence-electron chi connectivity index (χ2n) is 4.84. The number of aromatic nitrogens is 2. The molecule has 0 aliphatic carbocycles. The summed E-state index contributed by atoms with van der Waals surface area (Å²) in [7, 11) is 0. The van der Waals surface area contributed by atoms with Crippen LogP contribution in [0.5, 0.6) is 0 Å². The van der Waals surface area contributed by atoms with Crippen molar-refractivity contribution < 1.29 is 9.59 Å². The Morgan fingerprint density at radius 2 is 2.00 bits per heavy atom. The number of amides is 2. The number of nitrogens with one attached hydrogen (secondary N) is 3. The highest BCUT2D eigenvalue weighted by Gasteiger charge is 2.12. The van der Waals surface area contributed by atoms with Crippen LogP contribution in [0, 0.1) is 0 Å². The highest BCUT2D eigenvalue weighted by molar-refractivity contribution is 5.94. The third-order valence-electron chi connectivity index (χ3n) is 2.69. The molecule has 21 heavy (non-hydrogen) atoms. The van der Waals surface area contributed by atoms with Crippen LogP contribution in [0.1, 0.15) is 24.5 Å². The standard InChI is InChI=1S/C14H16N4O3/c1-8(2)16-11(19)7-15-14(21)12-17-10-6-4-3-5-9(10)13(20)18-12/h3-6,8H,7H2,1-2H3,(H,15,21)(H,16,19)(H,17,18,20). The van der Waals surface area contributed by atoms with Gasteiger partial charge in [0.15, 0.2) is 5.82 Å². The second kappa shape index (κ2) is 6.17. The molecule has 1 aromatic heterocycles. The number of hydrogen-bond acceptors (Lipinski definition) is 4. The van der Waals surface area contributed by atoms with E-state index < -0.39 is 11.5 Å². The van der Waals surface area contributed by atoms with Crippen LogP contribution in [0.3, 0.4) is 0 Å². The van der Waals surface area contributed by atoms with Crippen molar-refractivity contribution in [2.45, 2.75) is 19.9 Å². The zero-order chi connectivity index (χ0) is 15.4. The maximum Gasteiger partial charge on any atom is 0.287 e. The summed E-state index contributed by atoms with van der Waals surface area (Å²) in [5.41, 5.74) is 0.0374. The summed E-state index contributed by atoms with van der Waals surface area (Å²) in [6, 6.07) is 6.71. The number of rotatable bonds is 4. The summed E-state index contributed by atoms with van der Waals surface area (Å²) in [6.45, 7) is 3.47. The van der Waals surface area contributed by atoms with E-state index in [4.69, 9.17) is 0 Å². The number of aromatic amines is 1. The van der Waals surface area contributed by atoms with E-state index in [1.54, 1.807) is 24.3 Å². The molecule has 1 heterocycles. The maximum atomic E-state index is 11.9. The van der Waals surface area contributed by atoms with Crippen LogP contribution in [-0.4, -0.2) is 34.4 Å². The van der Waals surface area contributed by atoms with Gasteiger partial charge >= 0.3 is 0 Å². The average molecular weight is 288 g/mol. The van der Waals surface area contributed by atoms with E-state index in [-0.39, 0.29) is 24.3 Å². The predicted octanol–water partition coefficient (Wildman–Crippen LogP) is 0.177. The summed E-state index contributed by atoms with van der Waals surface area (Å²) in [6.07, 6.45) is 0. The highest BCUT2D eigenvalue weighted by atomic mass is 16.2. The number of hydrogen-bond donors (Lipinski definition) is 3. The van der Waals surface area contributed by atoms with E-state index in [0.717, 1.165) is 0 Å². The lowest BCUT2D eigenvalue weighted by molar-refractivity contribution is -0.120. The number of carbonyl (C=O) groups is 2. The molecule has 2 aromatic rings. The Hall–Kier alpha value is -2.70. The topological polar surface area (TPSA) is 104 Å². The molecule has 7 heteroatoms. The van der Waals surface area contributed by atoms with Crippen molar-refractivity contribution in [1.82, 2.24) is 20.6 Å². The van der Waals surface area contributed by atoms with Gasteiger partial charge in [0.1, 0.15) is 0 Å². The number of benzene rings is 1. The maximum absolute atomic E-state index is 11.9. The molecule has 110 valence electrons. The summed E-state index contributed by atoms with van der Waals surface area (Å²) < 4.78 is 0. The molecule has 1 aromatic carbocycles. The van der Waals surface area contributed by atoms with Gasteiger partial charge in [0.25, 0.3) is 11.5 Å². The summed E-state index contributed by atoms with van der Waals surface area (Å²) >= 11 is 0. The Morgan fingerprint density at radius 3 is 2.71 bits per heavy atom. The lowest BCUT2D eigenvalue weighted by Gasteiger charge is -2.09. The first-order valence-corrected chi connectivity index (χ1v) is 6.54. The van der Waals surface area contributed by atoms with Crippen LogP contribution >= 0.6 is 0 Å². The van der Waals surface area contributed by atoms with Gasteiger partial charge in [-0.3, -0.25) is 14.4 Å². The SMILES string of the molecule is CC(C)NC(=O)CNC(=O)c1nc2ccccc2c(=O)[nH]1. The number of nitrogens with zero attached hydrogens (tertiary/aromatic N) is 1. The first kappa shape index (κ1) is 14.7. The molecule has 7 nitrogen and oxygen atoms in total. The molecule has 0 saturated carbocycles. The highest BCUT2D eigenvalue weighted by Crippen LogP contribution is 2.05. The van der Waals surface area contributed by atoms with Gasteiger partial charge in [-0.25, -0.2) is 4.98 Å². The smallest absolute Gasteiger partial charge is 0.287 e. The van der Waals surface area contributed by atoms with Crippen LogP contribution in [-0.2, 0) is 4.79 Å². The Kier molecular flexibility index (Phi) is 4.32. The van der Waals surface area contributed by atoms with Gasteiger partial charge in [-0.1, -0.05) is 12.1 Å². The number of carbonyl (C=O) groups excluding carboxylic acids is 2. The minimum Gasteiger partial charge on any atom is -0.352 e. The van der Waals surface area contributed by atoms with Gasteiger partial charge < -0.3 is 15.6 Å². The van der Waals surface area contributed by atoms with Gasteiger partial charge in [-0.05, 0) is 26.0 Å². The molecule has 3 N–H and O–H groups in total. The third kappa shape index (κ3) is 3.65. The van der Waals surface area contributed by atoms with E-state index in [9.17, 15) is 14.4 Å². The lowest BCUT2D eigenvalue weighted by Crippen LogP contribution is -2.40. The number of para-hydroxylation sites is 1.